The highest BCUT2D eigenvalue weighted by atomic mass is 32.1. The number of aliphatic hydroxyl groups is 1. The highest BCUT2D eigenvalue weighted by Gasteiger charge is 2.40. The number of nitrogens with two attached hydrogens (primary N) is 3. The Morgan fingerprint density at radius 3 is 1.91 bits per heavy atom. The lowest BCUT2D eigenvalue weighted by atomic mass is 10.1. The predicted molar refractivity (Wildman–Crippen MR) is 163 cm³/mol. The number of carboxylic acids is 3. The number of amides is 5. The van der Waals surface area contributed by atoms with Gasteiger partial charge in [0.2, 0.25) is 29.5 Å². The fraction of sp³-hybridized carbons (Fsp3) is 0.640. The van der Waals surface area contributed by atoms with Crippen LogP contribution in [0.4, 0.5) is 0 Å². The molecule has 0 bridgehead atoms. The van der Waals surface area contributed by atoms with Crippen molar-refractivity contribution in [2.45, 2.75) is 74.8 Å². The molecule has 22 heteroatoms. The van der Waals surface area contributed by atoms with Crippen molar-refractivity contribution in [3.63, 3.8) is 0 Å². The normalized spacial score (nSPS) is 17.2. The number of carbonyl (C=O) groups is 8. The minimum atomic E-state index is -1.93. The van der Waals surface area contributed by atoms with E-state index in [0.29, 0.717) is 0 Å². The average Bonchev–Trinajstić information content (AvgIpc) is 3.49. The molecule has 264 valence electrons. The van der Waals surface area contributed by atoms with Crippen LogP contribution in [-0.4, -0.2) is 140 Å². The summed E-state index contributed by atoms with van der Waals surface area (Å²) < 4.78 is 0. The quantitative estimate of drug-likeness (QED) is 0.0245. The molecule has 14 N–H and O–H groups in total. The van der Waals surface area contributed by atoms with E-state index in [2.05, 4.69) is 33.6 Å². The van der Waals surface area contributed by atoms with Crippen LogP contribution in [0.5, 0.6) is 0 Å². The van der Waals surface area contributed by atoms with Gasteiger partial charge in [0.25, 0.3) is 0 Å². The number of rotatable bonds is 20. The van der Waals surface area contributed by atoms with Gasteiger partial charge in [-0.1, -0.05) is 0 Å². The standard InChI is InChI=1S/C25H41N9O12S/c26-11(10-47)19(40)33-15(9-35)21(42)30-12(3-1-5-29-25(27)28)23(44)34-6-2-4-16(34)22(43)31-13(7-17(36)37)20(41)32-14(24(45)46)8-18(38)39/h11-16,35,47H,1-10,26H2,(H,30,42)(H,31,43)(H,32,41)(H,33,40)(H,36,37)(H,38,39)(H,45,46)(H4,27,28,29)/t11-,12-,13-,14-,15-,16-/m0/s1. The van der Waals surface area contributed by atoms with E-state index in [-0.39, 0.29) is 50.5 Å². The lowest BCUT2D eigenvalue weighted by Crippen LogP contribution is -2.59. The summed E-state index contributed by atoms with van der Waals surface area (Å²) in [5.74, 6) is -9.92. The zero-order chi connectivity index (χ0) is 35.8. The summed E-state index contributed by atoms with van der Waals surface area (Å²) in [6.07, 6.45) is -1.61. The molecule has 0 aromatic heterocycles. The van der Waals surface area contributed by atoms with Crippen LogP contribution in [0, 0.1) is 0 Å². The van der Waals surface area contributed by atoms with Crippen molar-refractivity contribution >= 4 is 66.0 Å². The van der Waals surface area contributed by atoms with Gasteiger partial charge in [0.05, 0.1) is 25.5 Å². The predicted octanol–water partition coefficient (Wildman–Crippen LogP) is -5.75. The van der Waals surface area contributed by atoms with Gasteiger partial charge in [0.15, 0.2) is 5.96 Å². The zero-order valence-electron chi connectivity index (χ0n) is 25.2. The molecule has 5 amide bonds. The molecule has 0 aromatic rings. The minimum absolute atomic E-state index is 0.00362. The van der Waals surface area contributed by atoms with E-state index < -0.39 is 103 Å². The average molecular weight is 692 g/mol. The lowest BCUT2D eigenvalue weighted by Gasteiger charge is -2.30. The smallest absolute Gasteiger partial charge is 0.326 e. The third-order valence-corrected chi connectivity index (χ3v) is 7.15. The van der Waals surface area contributed by atoms with Crippen LogP contribution >= 0.6 is 12.6 Å². The maximum atomic E-state index is 13.7. The van der Waals surface area contributed by atoms with Crippen LogP contribution in [0.1, 0.15) is 38.5 Å². The van der Waals surface area contributed by atoms with Gasteiger partial charge in [-0.2, -0.15) is 12.6 Å². The van der Waals surface area contributed by atoms with Crippen LogP contribution in [-0.2, 0) is 38.4 Å². The first kappa shape index (κ1) is 40.3. The lowest BCUT2D eigenvalue weighted by molar-refractivity contribution is -0.148. The Balaban J connectivity index is 3.20. The molecule has 0 radical (unpaired) electrons. The van der Waals surface area contributed by atoms with Gasteiger partial charge in [0.1, 0.15) is 30.2 Å². The molecular weight excluding hydrogens is 650 g/mol. The summed E-state index contributed by atoms with van der Waals surface area (Å²) in [4.78, 5) is 104. The monoisotopic (exact) mass is 691 g/mol. The van der Waals surface area contributed by atoms with Crippen LogP contribution in [0.2, 0.25) is 0 Å². The summed E-state index contributed by atoms with van der Waals surface area (Å²) in [7, 11) is 0. The molecule has 0 aromatic carbocycles. The van der Waals surface area contributed by atoms with Crippen molar-refractivity contribution in [1.29, 1.82) is 0 Å². The Kier molecular flexibility index (Phi) is 16.9. The van der Waals surface area contributed by atoms with E-state index in [1.165, 1.54) is 0 Å². The van der Waals surface area contributed by atoms with Crippen LogP contribution in [0.3, 0.4) is 0 Å². The highest BCUT2D eigenvalue weighted by molar-refractivity contribution is 7.80. The van der Waals surface area contributed by atoms with Crippen LogP contribution in [0.15, 0.2) is 4.99 Å². The van der Waals surface area contributed by atoms with E-state index in [1.54, 1.807) is 0 Å². The third-order valence-electron chi connectivity index (χ3n) is 6.75. The van der Waals surface area contributed by atoms with Crippen LogP contribution in [0.25, 0.3) is 0 Å². The van der Waals surface area contributed by atoms with E-state index in [9.17, 15) is 53.7 Å². The first-order valence-electron chi connectivity index (χ1n) is 14.2. The Morgan fingerprint density at radius 2 is 1.38 bits per heavy atom. The van der Waals surface area contributed by atoms with Crippen molar-refractivity contribution < 1.29 is 58.8 Å². The van der Waals surface area contributed by atoms with Crippen molar-refractivity contribution in [2.24, 2.45) is 22.2 Å². The summed E-state index contributed by atoms with van der Waals surface area (Å²) >= 11 is 3.90. The first-order valence-corrected chi connectivity index (χ1v) is 14.9. The molecule has 1 heterocycles. The minimum Gasteiger partial charge on any atom is -0.481 e. The number of thiol groups is 1. The second kappa shape index (κ2) is 19.7. The molecule has 0 unspecified atom stereocenters. The number of aliphatic hydroxyl groups excluding tert-OH is 1. The summed E-state index contributed by atoms with van der Waals surface area (Å²) in [5, 5.41) is 45.8. The number of carboxylic acid groups (broad SMARTS) is 3. The van der Waals surface area contributed by atoms with Gasteiger partial charge >= 0.3 is 17.9 Å². The zero-order valence-corrected chi connectivity index (χ0v) is 26.1. The Hall–Kier alpha value is -4.70. The molecule has 1 fully saturated rings. The number of guanidine groups is 1. The molecule has 0 saturated carbocycles. The number of hydrogen-bond acceptors (Lipinski definition) is 12. The molecular formula is C25H41N9O12S. The molecule has 0 aliphatic carbocycles. The van der Waals surface area contributed by atoms with Gasteiger partial charge in [-0.25, -0.2) is 4.79 Å². The third kappa shape index (κ3) is 13.7. The largest absolute Gasteiger partial charge is 0.481 e. The summed E-state index contributed by atoms with van der Waals surface area (Å²) in [6, 6.07) is -8.98. The number of carbonyl (C=O) groups excluding carboxylic acids is 5. The van der Waals surface area contributed by atoms with Gasteiger partial charge in [-0.15, -0.1) is 0 Å². The SMILES string of the molecule is NC(N)=NCCC[C@H](NC(=O)[C@H](CO)NC(=O)[C@@H](N)CS)C(=O)N1CCC[C@H]1C(=O)N[C@@H](CC(=O)O)C(=O)N[C@@H](CC(=O)O)C(=O)O. The number of aliphatic carboxylic acids is 3. The molecule has 0 spiro atoms. The van der Waals surface area contributed by atoms with E-state index >= 15 is 0 Å². The van der Waals surface area contributed by atoms with Crippen molar-refractivity contribution in [3.05, 3.63) is 0 Å². The summed E-state index contributed by atoms with van der Waals surface area (Å²) in [5.41, 5.74) is 16.3. The number of likely N-dealkylation sites (tertiary alicyclic amines) is 1. The molecule has 6 atom stereocenters. The Labute approximate surface area is 273 Å². The first-order chi connectivity index (χ1) is 22.0. The van der Waals surface area contributed by atoms with Crippen molar-refractivity contribution in [3.8, 4) is 0 Å². The molecule has 1 aliphatic heterocycles. The molecule has 1 rings (SSSR count). The van der Waals surface area contributed by atoms with Gasteiger partial charge in [0, 0.05) is 18.8 Å². The number of nitrogens with one attached hydrogen (secondary N) is 4. The topological polar surface area (TPSA) is 359 Å². The molecule has 1 aliphatic rings. The molecule has 1 saturated heterocycles. The molecule has 21 nitrogen and oxygen atoms in total. The van der Waals surface area contributed by atoms with Gasteiger partial charge in [-0.3, -0.25) is 38.6 Å². The fourth-order valence-corrected chi connectivity index (χ4v) is 4.56. The van der Waals surface area contributed by atoms with E-state index in [0.717, 1.165) is 4.90 Å². The second-order valence-electron chi connectivity index (χ2n) is 10.4. The fourth-order valence-electron chi connectivity index (χ4n) is 4.39. The Bertz CT molecular complexity index is 1220. The maximum Gasteiger partial charge on any atom is 0.326 e. The second-order valence-corrected chi connectivity index (χ2v) is 10.8. The summed E-state index contributed by atoms with van der Waals surface area (Å²) in [6.45, 7) is -0.805. The van der Waals surface area contributed by atoms with E-state index in [4.69, 9.17) is 22.3 Å². The maximum absolute atomic E-state index is 13.7. The highest BCUT2D eigenvalue weighted by Crippen LogP contribution is 2.20. The van der Waals surface area contributed by atoms with Gasteiger partial charge in [-0.05, 0) is 25.7 Å². The number of aliphatic imine (C=N–C) groups is 1. The van der Waals surface area contributed by atoms with Crippen LogP contribution < -0.4 is 38.5 Å². The molecule has 47 heavy (non-hydrogen) atoms. The van der Waals surface area contributed by atoms with E-state index in [1.807, 2.05) is 5.32 Å². The Morgan fingerprint density at radius 1 is 0.830 bits per heavy atom. The number of nitrogens with zero attached hydrogens (tertiary/aromatic N) is 2. The van der Waals surface area contributed by atoms with Gasteiger partial charge < -0.3 is 63.8 Å². The van der Waals surface area contributed by atoms with Crippen molar-refractivity contribution in [2.75, 3.05) is 25.4 Å². The number of hydrogen-bond donors (Lipinski definition) is 12. The van der Waals surface area contributed by atoms with Crippen molar-refractivity contribution in [1.82, 2.24) is 26.2 Å².